The molecule has 0 nitrogen and oxygen atoms in total. The molecule has 0 aliphatic rings. The quantitative estimate of drug-likeness (QED) is 0.583. The van der Waals surface area contributed by atoms with Gasteiger partial charge in [-0.15, -0.1) is 0 Å². The Labute approximate surface area is 126 Å². The van der Waals surface area contributed by atoms with Crippen molar-refractivity contribution in [2.75, 3.05) is 0 Å². The Hall–Kier alpha value is -0.600. The Balaban J connectivity index is 2.50. The van der Waals surface area contributed by atoms with Gasteiger partial charge in [0.15, 0.2) is 0 Å². The maximum Gasteiger partial charge on any atom is 0.0649 e. The van der Waals surface area contributed by atoms with E-state index in [4.69, 9.17) is 0 Å². The summed E-state index contributed by atoms with van der Waals surface area (Å²) in [6.45, 7) is 6.45. The van der Waals surface area contributed by atoms with Gasteiger partial charge in [0.1, 0.15) is 0 Å². The number of alkyl halides is 1. The molecule has 1 atom stereocenters. The van der Waals surface area contributed by atoms with Crippen LogP contribution in [0, 0.1) is 20.8 Å². The molecule has 1 unspecified atom stereocenters. The van der Waals surface area contributed by atoms with Gasteiger partial charge in [0.2, 0.25) is 0 Å². The minimum atomic E-state index is 0.255. The van der Waals surface area contributed by atoms with Crippen LogP contribution in [0.25, 0.3) is 0 Å². The number of hydrogen-bond donors (Lipinski definition) is 0. The van der Waals surface area contributed by atoms with E-state index in [-0.39, 0.29) is 4.83 Å². The molecular weight excluding hydrogens is 352 g/mol. The van der Waals surface area contributed by atoms with E-state index in [1.165, 1.54) is 32.3 Å². The lowest BCUT2D eigenvalue weighted by Crippen LogP contribution is -1.99. The Morgan fingerprint density at radius 2 is 1.50 bits per heavy atom. The summed E-state index contributed by atoms with van der Waals surface area (Å²) in [7, 11) is 0. The SMILES string of the molecule is Cc1cc(C(Br)c2ccccc2C)c(C)cc1Br. The molecule has 0 aliphatic heterocycles. The van der Waals surface area contributed by atoms with Gasteiger partial charge in [-0.05, 0) is 54.7 Å². The zero-order valence-corrected chi connectivity index (χ0v) is 14.0. The largest absolute Gasteiger partial charge is 0.0786 e. The fourth-order valence-corrected chi connectivity index (χ4v) is 3.58. The molecule has 94 valence electrons. The molecule has 0 heterocycles. The van der Waals surface area contributed by atoms with Crippen molar-refractivity contribution in [1.82, 2.24) is 0 Å². The highest BCUT2D eigenvalue weighted by Crippen LogP contribution is 2.36. The second kappa shape index (κ2) is 5.58. The predicted molar refractivity (Wildman–Crippen MR) is 85.6 cm³/mol. The summed E-state index contributed by atoms with van der Waals surface area (Å²) < 4.78 is 1.17. The summed E-state index contributed by atoms with van der Waals surface area (Å²) in [6.07, 6.45) is 0. The Morgan fingerprint density at radius 1 is 0.833 bits per heavy atom. The Kier molecular flexibility index (Phi) is 4.29. The molecule has 0 N–H and O–H groups in total. The minimum Gasteiger partial charge on any atom is -0.0786 e. The molecule has 0 amide bonds. The van der Waals surface area contributed by atoms with Gasteiger partial charge in [0.05, 0.1) is 4.83 Å². The summed E-state index contributed by atoms with van der Waals surface area (Å²) in [5.74, 6) is 0. The number of halogens is 2. The molecule has 2 rings (SSSR count). The average molecular weight is 368 g/mol. The molecule has 18 heavy (non-hydrogen) atoms. The predicted octanol–water partition coefficient (Wildman–Crippen LogP) is 5.86. The Morgan fingerprint density at radius 3 is 2.17 bits per heavy atom. The van der Waals surface area contributed by atoms with E-state index in [2.05, 4.69) is 89.0 Å². The van der Waals surface area contributed by atoms with Crippen molar-refractivity contribution in [3.05, 3.63) is 68.7 Å². The smallest absolute Gasteiger partial charge is 0.0649 e. The fourth-order valence-electron chi connectivity index (χ4n) is 2.12. The highest BCUT2D eigenvalue weighted by atomic mass is 79.9. The standard InChI is InChI=1S/C16H16Br2/c1-10-6-4-5-7-13(10)16(18)14-8-12(3)15(17)9-11(14)2/h4-9,16H,1-3H3. The lowest BCUT2D eigenvalue weighted by Gasteiger charge is -2.17. The minimum absolute atomic E-state index is 0.255. The van der Waals surface area contributed by atoms with Crippen LogP contribution in [-0.2, 0) is 0 Å². The van der Waals surface area contributed by atoms with Crippen molar-refractivity contribution in [3.63, 3.8) is 0 Å². The summed E-state index contributed by atoms with van der Waals surface area (Å²) in [5.41, 5.74) is 6.57. The van der Waals surface area contributed by atoms with E-state index in [0.29, 0.717) is 0 Å². The molecule has 0 bridgehead atoms. The van der Waals surface area contributed by atoms with Crippen LogP contribution in [0.4, 0.5) is 0 Å². The molecule has 0 aromatic heterocycles. The lowest BCUT2D eigenvalue weighted by molar-refractivity contribution is 1.11. The van der Waals surface area contributed by atoms with Crippen LogP contribution in [0.15, 0.2) is 40.9 Å². The molecule has 0 aliphatic carbocycles. The van der Waals surface area contributed by atoms with Gasteiger partial charge < -0.3 is 0 Å². The highest BCUT2D eigenvalue weighted by molar-refractivity contribution is 9.10. The van der Waals surface area contributed by atoms with Crippen LogP contribution in [0.5, 0.6) is 0 Å². The molecular formula is C16H16Br2. The third-order valence-corrected chi connectivity index (χ3v) is 5.12. The number of benzene rings is 2. The molecule has 0 saturated carbocycles. The summed E-state index contributed by atoms with van der Waals surface area (Å²) >= 11 is 7.42. The monoisotopic (exact) mass is 366 g/mol. The number of hydrogen-bond acceptors (Lipinski definition) is 0. The first-order valence-corrected chi connectivity index (χ1v) is 7.68. The van der Waals surface area contributed by atoms with Crippen molar-refractivity contribution >= 4 is 31.9 Å². The van der Waals surface area contributed by atoms with Gasteiger partial charge in [0.25, 0.3) is 0 Å². The normalized spacial score (nSPS) is 12.5. The first-order chi connectivity index (χ1) is 8.50. The van der Waals surface area contributed by atoms with Crippen LogP contribution in [0.3, 0.4) is 0 Å². The fraction of sp³-hybridized carbons (Fsp3) is 0.250. The zero-order valence-electron chi connectivity index (χ0n) is 10.8. The number of rotatable bonds is 2. The van der Waals surface area contributed by atoms with Gasteiger partial charge in [-0.25, -0.2) is 0 Å². The maximum absolute atomic E-state index is 3.84. The number of aryl methyl sites for hydroxylation is 3. The molecule has 0 spiro atoms. The zero-order chi connectivity index (χ0) is 13.3. The van der Waals surface area contributed by atoms with Gasteiger partial charge >= 0.3 is 0 Å². The highest BCUT2D eigenvalue weighted by Gasteiger charge is 2.15. The second-order valence-corrected chi connectivity index (χ2v) is 6.45. The Bertz CT molecular complexity index is 573. The van der Waals surface area contributed by atoms with Gasteiger partial charge in [-0.2, -0.15) is 0 Å². The summed E-state index contributed by atoms with van der Waals surface area (Å²) in [4.78, 5) is 0.255. The van der Waals surface area contributed by atoms with Crippen molar-refractivity contribution < 1.29 is 0 Å². The van der Waals surface area contributed by atoms with Crippen molar-refractivity contribution in [1.29, 1.82) is 0 Å². The van der Waals surface area contributed by atoms with Crippen LogP contribution >= 0.6 is 31.9 Å². The van der Waals surface area contributed by atoms with Crippen molar-refractivity contribution in [3.8, 4) is 0 Å². The van der Waals surface area contributed by atoms with Gasteiger partial charge in [-0.1, -0.05) is 62.2 Å². The lowest BCUT2D eigenvalue weighted by atomic mass is 9.96. The maximum atomic E-state index is 3.84. The van der Waals surface area contributed by atoms with Gasteiger partial charge in [0, 0.05) is 4.47 Å². The summed E-state index contributed by atoms with van der Waals surface area (Å²) in [5, 5.41) is 0. The molecule has 0 radical (unpaired) electrons. The van der Waals surface area contributed by atoms with E-state index < -0.39 is 0 Å². The first kappa shape index (κ1) is 13.8. The van der Waals surface area contributed by atoms with Crippen LogP contribution in [-0.4, -0.2) is 0 Å². The van der Waals surface area contributed by atoms with E-state index in [9.17, 15) is 0 Å². The average Bonchev–Trinajstić information content (AvgIpc) is 2.33. The van der Waals surface area contributed by atoms with Crippen molar-refractivity contribution in [2.45, 2.75) is 25.6 Å². The van der Waals surface area contributed by atoms with Crippen molar-refractivity contribution in [2.24, 2.45) is 0 Å². The van der Waals surface area contributed by atoms with E-state index in [1.54, 1.807) is 0 Å². The molecule has 0 saturated heterocycles. The van der Waals surface area contributed by atoms with E-state index >= 15 is 0 Å². The van der Waals surface area contributed by atoms with Gasteiger partial charge in [-0.3, -0.25) is 0 Å². The topological polar surface area (TPSA) is 0 Å². The van der Waals surface area contributed by atoms with Crippen LogP contribution < -0.4 is 0 Å². The van der Waals surface area contributed by atoms with E-state index in [1.807, 2.05) is 0 Å². The molecule has 2 aromatic carbocycles. The molecule has 2 aromatic rings. The van der Waals surface area contributed by atoms with Crippen LogP contribution in [0.2, 0.25) is 0 Å². The molecule has 2 heteroatoms. The van der Waals surface area contributed by atoms with Crippen LogP contribution in [0.1, 0.15) is 32.6 Å². The first-order valence-electron chi connectivity index (χ1n) is 5.97. The third-order valence-electron chi connectivity index (χ3n) is 3.28. The second-order valence-electron chi connectivity index (χ2n) is 4.68. The third kappa shape index (κ3) is 2.70. The molecule has 0 fully saturated rings. The van der Waals surface area contributed by atoms with E-state index in [0.717, 1.165) is 0 Å². The summed E-state index contributed by atoms with van der Waals surface area (Å²) in [6, 6.07) is 13.0.